The van der Waals surface area contributed by atoms with E-state index in [4.69, 9.17) is 0 Å². The Balaban J connectivity index is 1.62. The van der Waals surface area contributed by atoms with Crippen molar-refractivity contribution in [2.45, 2.75) is 32.6 Å². The second kappa shape index (κ2) is 7.64. The monoisotopic (exact) mass is 330 g/mol. The summed E-state index contributed by atoms with van der Waals surface area (Å²) in [5, 5.41) is 0. The van der Waals surface area contributed by atoms with Crippen molar-refractivity contribution in [3.63, 3.8) is 0 Å². The number of anilines is 1. The lowest BCUT2D eigenvalue weighted by Crippen LogP contribution is -2.37. The van der Waals surface area contributed by atoms with Crippen LogP contribution in [0.4, 0.5) is 5.82 Å². The van der Waals surface area contributed by atoms with E-state index in [1.54, 1.807) is 6.20 Å². The summed E-state index contributed by atoms with van der Waals surface area (Å²) in [4.78, 5) is 35.0. The number of hydrogen-bond acceptors (Lipinski definition) is 4. The van der Waals surface area contributed by atoms with Crippen LogP contribution in [0.25, 0.3) is 0 Å². The molecule has 2 aliphatic rings. The van der Waals surface area contributed by atoms with E-state index in [2.05, 4.69) is 9.88 Å². The van der Waals surface area contributed by atoms with E-state index in [1.165, 1.54) is 12.8 Å². The highest BCUT2D eigenvalue weighted by Crippen LogP contribution is 2.18. The molecule has 2 saturated heterocycles. The highest BCUT2D eigenvalue weighted by molar-refractivity contribution is 5.94. The third-order valence-electron chi connectivity index (χ3n) is 4.86. The Hall–Kier alpha value is -2.11. The van der Waals surface area contributed by atoms with Crippen LogP contribution in [0.2, 0.25) is 0 Å². The van der Waals surface area contributed by atoms with Gasteiger partial charge in [0.25, 0.3) is 5.91 Å². The maximum Gasteiger partial charge on any atom is 0.255 e. The van der Waals surface area contributed by atoms with Crippen LogP contribution in [0, 0.1) is 0 Å². The molecule has 3 heterocycles. The summed E-state index contributed by atoms with van der Waals surface area (Å²) in [5.41, 5.74) is 0.633. The molecule has 1 aromatic heterocycles. The topological polar surface area (TPSA) is 56.8 Å². The summed E-state index contributed by atoms with van der Waals surface area (Å²) >= 11 is 0. The van der Waals surface area contributed by atoms with Crippen LogP contribution in [-0.2, 0) is 4.79 Å². The van der Waals surface area contributed by atoms with Crippen molar-refractivity contribution in [1.29, 1.82) is 0 Å². The second-order valence-corrected chi connectivity index (χ2v) is 6.48. The highest BCUT2D eigenvalue weighted by atomic mass is 16.2. The molecule has 0 N–H and O–H groups in total. The second-order valence-electron chi connectivity index (χ2n) is 6.48. The van der Waals surface area contributed by atoms with E-state index >= 15 is 0 Å². The van der Waals surface area contributed by atoms with Crippen molar-refractivity contribution >= 4 is 17.6 Å². The zero-order valence-electron chi connectivity index (χ0n) is 14.4. The molecule has 2 fully saturated rings. The molecule has 0 saturated carbocycles. The van der Waals surface area contributed by atoms with Crippen molar-refractivity contribution in [2.75, 3.05) is 44.2 Å². The van der Waals surface area contributed by atoms with E-state index in [1.807, 2.05) is 28.9 Å². The van der Waals surface area contributed by atoms with Gasteiger partial charge in [0.2, 0.25) is 5.91 Å². The third-order valence-corrected chi connectivity index (χ3v) is 4.86. The Bertz CT molecular complexity index is 581. The predicted molar refractivity (Wildman–Crippen MR) is 93.1 cm³/mol. The van der Waals surface area contributed by atoms with Crippen molar-refractivity contribution < 1.29 is 9.59 Å². The normalized spacial score (nSPS) is 18.6. The molecule has 6 heteroatoms. The summed E-state index contributed by atoms with van der Waals surface area (Å²) < 4.78 is 0. The van der Waals surface area contributed by atoms with Gasteiger partial charge >= 0.3 is 0 Å². The SMILES string of the molecule is CCC(=O)N1CCCN(C(=O)c2ccc(N3CCCC3)nc2)CC1. The average molecular weight is 330 g/mol. The number of carbonyl (C=O) groups excluding carboxylic acids is 2. The standard InChI is InChI=1S/C18H26N4O2/c1-2-17(23)21-10-5-11-22(13-12-21)18(24)15-6-7-16(19-14-15)20-8-3-4-9-20/h6-7,14H,2-5,8-13H2,1H3. The fourth-order valence-corrected chi connectivity index (χ4v) is 3.42. The lowest BCUT2D eigenvalue weighted by Gasteiger charge is -2.22. The predicted octanol–water partition coefficient (Wildman–Crippen LogP) is 1.77. The van der Waals surface area contributed by atoms with Gasteiger partial charge in [0.15, 0.2) is 0 Å². The summed E-state index contributed by atoms with van der Waals surface area (Å²) in [6.07, 6.45) is 5.47. The van der Waals surface area contributed by atoms with Gasteiger partial charge in [-0.3, -0.25) is 9.59 Å². The van der Waals surface area contributed by atoms with Crippen LogP contribution >= 0.6 is 0 Å². The van der Waals surface area contributed by atoms with Crippen LogP contribution in [0.5, 0.6) is 0 Å². The van der Waals surface area contributed by atoms with Gasteiger partial charge in [0.05, 0.1) is 5.56 Å². The minimum Gasteiger partial charge on any atom is -0.357 e. The molecule has 0 atom stereocenters. The maximum atomic E-state index is 12.7. The fraction of sp³-hybridized carbons (Fsp3) is 0.611. The van der Waals surface area contributed by atoms with Gasteiger partial charge in [-0.1, -0.05) is 6.92 Å². The molecule has 0 bridgehead atoms. The lowest BCUT2D eigenvalue weighted by atomic mass is 10.2. The van der Waals surface area contributed by atoms with Crippen LogP contribution in [0.3, 0.4) is 0 Å². The van der Waals surface area contributed by atoms with Crippen LogP contribution < -0.4 is 4.90 Å². The molecule has 2 amide bonds. The van der Waals surface area contributed by atoms with Gasteiger partial charge in [-0.2, -0.15) is 0 Å². The molecule has 0 unspecified atom stereocenters. The van der Waals surface area contributed by atoms with E-state index < -0.39 is 0 Å². The minimum absolute atomic E-state index is 0.0151. The summed E-state index contributed by atoms with van der Waals surface area (Å²) in [6, 6.07) is 3.83. The molecule has 0 radical (unpaired) electrons. The van der Waals surface area contributed by atoms with E-state index in [0.717, 1.165) is 31.9 Å². The molecule has 6 nitrogen and oxygen atoms in total. The van der Waals surface area contributed by atoms with Crippen molar-refractivity contribution in [3.8, 4) is 0 Å². The Morgan fingerprint density at radius 1 is 0.958 bits per heavy atom. The number of aromatic nitrogens is 1. The Labute approximate surface area is 143 Å². The molecule has 0 aromatic carbocycles. The van der Waals surface area contributed by atoms with Gasteiger partial charge in [-0.15, -0.1) is 0 Å². The van der Waals surface area contributed by atoms with Crippen LogP contribution in [0.1, 0.15) is 43.0 Å². The molecule has 3 rings (SSSR count). The Kier molecular flexibility index (Phi) is 5.33. The zero-order valence-corrected chi connectivity index (χ0v) is 14.4. The van der Waals surface area contributed by atoms with Crippen molar-refractivity contribution in [1.82, 2.24) is 14.8 Å². The van der Waals surface area contributed by atoms with Gasteiger partial charge in [-0.05, 0) is 31.4 Å². The van der Waals surface area contributed by atoms with E-state index in [-0.39, 0.29) is 11.8 Å². The molecular weight excluding hydrogens is 304 g/mol. The van der Waals surface area contributed by atoms with E-state index in [0.29, 0.717) is 31.6 Å². The minimum atomic E-state index is 0.0151. The first kappa shape index (κ1) is 16.7. The van der Waals surface area contributed by atoms with E-state index in [9.17, 15) is 9.59 Å². The molecule has 0 aliphatic carbocycles. The average Bonchev–Trinajstić information content (AvgIpc) is 3.05. The zero-order chi connectivity index (χ0) is 16.9. The number of rotatable bonds is 3. The van der Waals surface area contributed by atoms with Crippen molar-refractivity contribution in [3.05, 3.63) is 23.9 Å². The lowest BCUT2D eigenvalue weighted by molar-refractivity contribution is -0.130. The first-order chi connectivity index (χ1) is 11.7. The molecule has 1 aromatic rings. The molecule has 24 heavy (non-hydrogen) atoms. The number of pyridine rings is 1. The number of nitrogens with zero attached hydrogens (tertiary/aromatic N) is 4. The number of amides is 2. The Morgan fingerprint density at radius 2 is 1.67 bits per heavy atom. The summed E-state index contributed by atoms with van der Waals surface area (Å²) in [6.45, 7) is 6.63. The first-order valence-electron chi connectivity index (χ1n) is 8.97. The highest BCUT2D eigenvalue weighted by Gasteiger charge is 2.22. The van der Waals surface area contributed by atoms with Crippen molar-refractivity contribution in [2.24, 2.45) is 0 Å². The smallest absolute Gasteiger partial charge is 0.255 e. The van der Waals surface area contributed by atoms with Crippen LogP contribution in [0.15, 0.2) is 18.3 Å². The van der Waals surface area contributed by atoms with Gasteiger partial charge in [0.1, 0.15) is 5.82 Å². The Morgan fingerprint density at radius 3 is 2.33 bits per heavy atom. The number of carbonyl (C=O) groups is 2. The molecular formula is C18H26N4O2. The fourth-order valence-electron chi connectivity index (χ4n) is 3.42. The van der Waals surface area contributed by atoms with Crippen LogP contribution in [-0.4, -0.2) is 65.9 Å². The summed E-state index contributed by atoms with van der Waals surface area (Å²) in [7, 11) is 0. The third kappa shape index (κ3) is 3.68. The van der Waals surface area contributed by atoms with Gasteiger partial charge in [0, 0.05) is 51.9 Å². The van der Waals surface area contributed by atoms with Gasteiger partial charge < -0.3 is 14.7 Å². The quantitative estimate of drug-likeness (QED) is 0.847. The number of hydrogen-bond donors (Lipinski definition) is 0. The first-order valence-corrected chi connectivity index (χ1v) is 8.97. The maximum absolute atomic E-state index is 12.7. The largest absolute Gasteiger partial charge is 0.357 e. The molecule has 130 valence electrons. The summed E-state index contributed by atoms with van der Waals surface area (Å²) in [5.74, 6) is 1.14. The van der Waals surface area contributed by atoms with Gasteiger partial charge in [-0.25, -0.2) is 4.98 Å². The molecule has 2 aliphatic heterocycles. The molecule has 0 spiro atoms.